The lowest BCUT2D eigenvalue weighted by molar-refractivity contribution is -0.117. The van der Waals surface area contributed by atoms with Gasteiger partial charge < -0.3 is 14.3 Å². The second-order valence-electron chi connectivity index (χ2n) is 7.40. The third kappa shape index (κ3) is 3.75. The van der Waals surface area contributed by atoms with E-state index in [0.29, 0.717) is 23.6 Å². The summed E-state index contributed by atoms with van der Waals surface area (Å²) in [7, 11) is 0. The average Bonchev–Trinajstić information content (AvgIpc) is 3.53. The molecule has 6 nitrogen and oxygen atoms in total. The van der Waals surface area contributed by atoms with E-state index >= 15 is 0 Å². The Bertz CT molecular complexity index is 1390. The molecule has 5 rings (SSSR count). The highest BCUT2D eigenvalue weighted by Gasteiger charge is 2.45. The van der Waals surface area contributed by atoms with Gasteiger partial charge in [-0.25, -0.2) is 0 Å². The van der Waals surface area contributed by atoms with E-state index in [1.165, 1.54) is 16.2 Å². The first-order chi connectivity index (χ1) is 16.0. The third-order valence-corrected chi connectivity index (χ3v) is 6.81. The molecular formula is C25H18BrNO5S. The van der Waals surface area contributed by atoms with Gasteiger partial charge in [0.15, 0.2) is 11.5 Å². The maximum atomic E-state index is 13.6. The summed E-state index contributed by atoms with van der Waals surface area (Å²) in [6, 6.07) is 16.9. The number of nitrogens with zero attached hydrogens (tertiary/aromatic N) is 1. The second-order valence-corrected chi connectivity index (χ2v) is 9.30. The molecule has 3 heterocycles. The van der Waals surface area contributed by atoms with Crippen molar-refractivity contribution >= 4 is 55.6 Å². The van der Waals surface area contributed by atoms with Gasteiger partial charge in [0.25, 0.3) is 5.91 Å². The Kier molecular flexibility index (Phi) is 5.55. The fraction of sp³-hybridized carbons (Fsp3) is 0.120. The Labute approximate surface area is 201 Å². The minimum atomic E-state index is -0.775. The van der Waals surface area contributed by atoms with E-state index < -0.39 is 23.5 Å². The molecule has 1 aliphatic heterocycles. The molecule has 1 N–H and O–H groups in total. The first-order valence-corrected chi connectivity index (χ1v) is 11.9. The molecule has 1 amide bonds. The Morgan fingerprint density at radius 1 is 1.18 bits per heavy atom. The molecule has 1 unspecified atom stereocenters. The molecule has 8 heteroatoms. The maximum Gasteiger partial charge on any atom is 0.294 e. The van der Waals surface area contributed by atoms with Crippen molar-refractivity contribution in [2.75, 3.05) is 11.5 Å². The molecule has 0 aliphatic carbocycles. The van der Waals surface area contributed by atoms with E-state index in [1.54, 1.807) is 36.4 Å². The number of benzene rings is 2. The number of carbonyl (C=O) groups is 2. The van der Waals surface area contributed by atoms with E-state index in [4.69, 9.17) is 9.15 Å². The number of thiophene rings is 1. The molecule has 0 spiro atoms. The monoisotopic (exact) mass is 523 g/mol. The zero-order valence-electron chi connectivity index (χ0n) is 17.4. The van der Waals surface area contributed by atoms with E-state index in [-0.39, 0.29) is 11.3 Å². The van der Waals surface area contributed by atoms with Gasteiger partial charge >= 0.3 is 0 Å². The van der Waals surface area contributed by atoms with Crippen molar-refractivity contribution in [2.45, 2.75) is 13.0 Å². The van der Waals surface area contributed by atoms with Crippen molar-refractivity contribution in [3.8, 4) is 5.75 Å². The average molecular weight is 524 g/mol. The third-order valence-electron chi connectivity index (χ3n) is 5.39. The Hall–Kier alpha value is -3.36. The zero-order valence-corrected chi connectivity index (χ0v) is 19.9. The number of anilines is 1. The van der Waals surface area contributed by atoms with Crippen LogP contribution < -0.4 is 9.64 Å². The fourth-order valence-corrected chi connectivity index (χ4v) is 5.15. The number of amides is 1. The predicted octanol–water partition coefficient (Wildman–Crippen LogP) is 6.44. The smallest absolute Gasteiger partial charge is 0.294 e. The lowest BCUT2D eigenvalue weighted by Crippen LogP contribution is -2.30. The lowest BCUT2D eigenvalue weighted by atomic mass is 10.00. The zero-order chi connectivity index (χ0) is 23.1. The molecule has 2 aromatic heterocycles. The number of Topliss-reactive ketones (excluding diaryl/α,β-unsaturated/α-hetero) is 1. The van der Waals surface area contributed by atoms with E-state index in [9.17, 15) is 14.7 Å². The van der Waals surface area contributed by atoms with Crippen LogP contribution in [-0.2, 0) is 4.79 Å². The number of aliphatic hydroxyl groups excluding tert-OH is 1. The molecule has 2 aromatic carbocycles. The largest absolute Gasteiger partial charge is 0.503 e. The van der Waals surface area contributed by atoms with Crippen LogP contribution in [0.4, 0.5) is 5.69 Å². The number of carbonyl (C=O) groups excluding carboxylic acids is 2. The Morgan fingerprint density at radius 3 is 2.67 bits per heavy atom. The van der Waals surface area contributed by atoms with Crippen molar-refractivity contribution in [3.05, 3.63) is 92.5 Å². The van der Waals surface area contributed by atoms with Crippen LogP contribution in [0.1, 0.15) is 28.4 Å². The predicted molar refractivity (Wildman–Crippen MR) is 130 cm³/mol. The highest BCUT2D eigenvalue weighted by atomic mass is 79.9. The van der Waals surface area contributed by atoms with Crippen molar-refractivity contribution in [2.24, 2.45) is 0 Å². The number of halogens is 1. The highest BCUT2D eigenvalue weighted by molar-refractivity contribution is 9.10. The SMILES string of the molecule is CCOc1ccc(N2C(=O)C(O)=C(C(=O)c3cc4cc(Br)ccc4o3)C2c2cccs2)cc1. The lowest BCUT2D eigenvalue weighted by Gasteiger charge is -2.25. The van der Waals surface area contributed by atoms with Gasteiger partial charge in [-0.1, -0.05) is 22.0 Å². The van der Waals surface area contributed by atoms with Gasteiger partial charge in [-0.15, -0.1) is 11.3 Å². The van der Waals surface area contributed by atoms with Gasteiger partial charge in [0.05, 0.1) is 12.2 Å². The number of hydrogen-bond acceptors (Lipinski definition) is 6. The Morgan fingerprint density at radius 2 is 1.97 bits per heavy atom. The number of furan rings is 1. The number of ketones is 1. The van der Waals surface area contributed by atoms with Crippen molar-refractivity contribution in [1.29, 1.82) is 0 Å². The van der Waals surface area contributed by atoms with E-state index in [0.717, 1.165) is 14.7 Å². The molecule has 0 fully saturated rings. The highest BCUT2D eigenvalue weighted by Crippen LogP contribution is 2.44. The van der Waals surface area contributed by atoms with Gasteiger partial charge in [0.1, 0.15) is 17.4 Å². The van der Waals surface area contributed by atoms with Gasteiger partial charge in [0.2, 0.25) is 5.78 Å². The number of hydrogen-bond donors (Lipinski definition) is 1. The normalized spacial score (nSPS) is 16.1. The molecule has 0 saturated carbocycles. The van der Waals surface area contributed by atoms with Crippen LogP contribution in [0.25, 0.3) is 11.0 Å². The minimum absolute atomic E-state index is 0.00513. The Balaban J connectivity index is 1.59. The summed E-state index contributed by atoms with van der Waals surface area (Å²) in [5.41, 5.74) is 1.08. The van der Waals surface area contributed by atoms with E-state index in [1.807, 2.05) is 36.6 Å². The standard InChI is InChI=1S/C25H18BrNO5S/c1-2-31-17-8-6-16(7-9-17)27-22(20-4-3-11-33-20)21(24(29)25(27)30)23(28)19-13-14-12-15(26)5-10-18(14)32-19/h3-13,22,29H,2H2,1H3. The first kappa shape index (κ1) is 21.5. The maximum absolute atomic E-state index is 13.6. The molecule has 0 bridgehead atoms. The molecular weight excluding hydrogens is 506 g/mol. The minimum Gasteiger partial charge on any atom is -0.503 e. The van der Waals surface area contributed by atoms with Crippen LogP contribution in [0.3, 0.4) is 0 Å². The summed E-state index contributed by atoms with van der Waals surface area (Å²) >= 11 is 4.82. The van der Waals surface area contributed by atoms with Crippen LogP contribution >= 0.6 is 27.3 Å². The molecule has 0 saturated heterocycles. The van der Waals surface area contributed by atoms with Crippen LogP contribution in [0.15, 0.2) is 86.3 Å². The van der Waals surface area contributed by atoms with Crippen molar-refractivity contribution < 1.29 is 23.8 Å². The number of fused-ring (bicyclic) bond motifs is 1. The molecule has 0 radical (unpaired) electrons. The molecule has 4 aromatic rings. The molecule has 166 valence electrons. The quantitative estimate of drug-likeness (QED) is 0.294. The summed E-state index contributed by atoms with van der Waals surface area (Å²) < 4.78 is 12.1. The van der Waals surface area contributed by atoms with Gasteiger partial charge in [-0.2, -0.15) is 0 Å². The van der Waals surface area contributed by atoms with Crippen molar-refractivity contribution in [1.82, 2.24) is 0 Å². The summed E-state index contributed by atoms with van der Waals surface area (Å²) in [6.45, 7) is 2.41. The summed E-state index contributed by atoms with van der Waals surface area (Å²) in [5, 5.41) is 13.5. The van der Waals surface area contributed by atoms with Crippen molar-refractivity contribution in [3.63, 3.8) is 0 Å². The molecule has 1 atom stereocenters. The van der Waals surface area contributed by atoms with Gasteiger partial charge in [-0.05, 0) is 66.9 Å². The molecule has 33 heavy (non-hydrogen) atoms. The second kappa shape index (κ2) is 8.53. The number of rotatable bonds is 6. The summed E-state index contributed by atoms with van der Waals surface area (Å²) in [4.78, 5) is 28.9. The molecule has 1 aliphatic rings. The van der Waals surface area contributed by atoms with Crippen LogP contribution in [-0.4, -0.2) is 23.4 Å². The van der Waals surface area contributed by atoms with E-state index in [2.05, 4.69) is 15.9 Å². The van der Waals surface area contributed by atoms with Crippen LogP contribution in [0.2, 0.25) is 0 Å². The van der Waals surface area contributed by atoms with Crippen LogP contribution in [0.5, 0.6) is 5.75 Å². The number of ether oxygens (including phenoxy) is 1. The first-order valence-electron chi connectivity index (χ1n) is 10.2. The van der Waals surface area contributed by atoms with Gasteiger partial charge in [-0.3, -0.25) is 14.5 Å². The summed E-state index contributed by atoms with van der Waals surface area (Å²) in [5.74, 6) is -1.01. The number of aliphatic hydroxyl groups is 1. The topological polar surface area (TPSA) is 80.0 Å². The fourth-order valence-electron chi connectivity index (χ4n) is 3.95. The summed E-state index contributed by atoms with van der Waals surface area (Å²) in [6.07, 6.45) is 0. The van der Waals surface area contributed by atoms with Gasteiger partial charge in [0, 0.05) is 20.4 Å². The van der Waals surface area contributed by atoms with Crippen LogP contribution in [0, 0.1) is 0 Å².